The van der Waals surface area contributed by atoms with Gasteiger partial charge in [0.1, 0.15) is 0 Å². The largest absolute Gasteiger partial charge is 1.00 e. The van der Waals surface area contributed by atoms with Crippen LogP contribution < -0.4 is 39.6 Å². The number of rotatable bonds is 7. The maximum Gasteiger partial charge on any atom is 1.00 e. The fourth-order valence-electron chi connectivity index (χ4n) is 3.93. The van der Waals surface area contributed by atoms with Crippen molar-refractivity contribution < 1.29 is 54.4 Å². The van der Waals surface area contributed by atoms with Gasteiger partial charge in [-0.1, -0.05) is 30.3 Å². The first kappa shape index (κ1) is 24.0. The number of hydrogen-bond acceptors (Lipinski definition) is 6. The summed E-state index contributed by atoms with van der Waals surface area (Å²) in [6, 6.07) is 19.0. The number of aliphatic hydroxyl groups is 2. The molecule has 0 radical (unpaired) electrons. The van der Waals surface area contributed by atoms with Crippen molar-refractivity contribution in [1.82, 2.24) is 0 Å². The predicted octanol–water partition coefficient (Wildman–Crippen LogP) is -1.50. The predicted molar refractivity (Wildman–Crippen MR) is 116 cm³/mol. The Morgan fingerprint density at radius 1 is 0.844 bits per heavy atom. The average Bonchev–Trinajstić information content (AvgIpc) is 3.12. The third-order valence-corrected chi connectivity index (χ3v) is 5.38. The summed E-state index contributed by atoms with van der Waals surface area (Å²) >= 11 is 0. The summed E-state index contributed by atoms with van der Waals surface area (Å²) in [6.07, 6.45) is 0. The van der Waals surface area contributed by atoms with Gasteiger partial charge in [-0.05, 0) is 41.0 Å². The Kier molecular flexibility index (Phi) is 7.71. The van der Waals surface area contributed by atoms with E-state index >= 15 is 0 Å². The average molecular weight is 440 g/mol. The second kappa shape index (κ2) is 10.3. The first-order valence-electron chi connectivity index (χ1n) is 9.91. The van der Waals surface area contributed by atoms with Crippen LogP contribution in [0.5, 0.6) is 0 Å². The number of aliphatic hydroxyl groups excluding tert-OH is 2. The Labute approximate surface area is 207 Å². The Hall–Kier alpha value is -2.68. The molecule has 3 aromatic rings. The van der Waals surface area contributed by atoms with Gasteiger partial charge in [0.2, 0.25) is 11.4 Å². The summed E-state index contributed by atoms with van der Waals surface area (Å²) < 4.78 is 0.802. The van der Waals surface area contributed by atoms with E-state index in [0.717, 1.165) is 27.1 Å². The van der Waals surface area contributed by atoms with Crippen molar-refractivity contribution in [2.75, 3.05) is 31.2 Å². The van der Waals surface area contributed by atoms with E-state index < -0.39 is 5.97 Å². The molecule has 0 heterocycles. The molecule has 2 N–H and O–H groups in total. The molecular weight excluding hydrogens is 419 g/mol. The van der Waals surface area contributed by atoms with Gasteiger partial charge < -0.3 is 30.2 Å². The molecule has 0 saturated heterocycles. The van der Waals surface area contributed by atoms with Gasteiger partial charge in [0.25, 0.3) is 0 Å². The minimum atomic E-state index is -1.30. The number of nitrogens with zero attached hydrogens (tertiary/aromatic N) is 2. The summed E-state index contributed by atoms with van der Waals surface area (Å²) in [5.74, 6) is -1.30. The molecule has 32 heavy (non-hydrogen) atoms. The van der Waals surface area contributed by atoms with Gasteiger partial charge in [-0.3, -0.25) is 0 Å². The smallest absolute Gasteiger partial charge is 0.618 e. The zero-order valence-corrected chi connectivity index (χ0v) is 19.7. The van der Waals surface area contributed by atoms with Crippen molar-refractivity contribution in [3.63, 3.8) is 0 Å². The molecule has 3 aromatic carbocycles. The molecule has 158 valence electrons. The van der Waals surface area contributed by atoms with Gasteiger partial charge in [0, 0.05) is 30.9 Å². The third kappa shape index (κ3) is 4.44. The first-order valence-corrected chi connectivity index (χ1v) is 9.91. The van der Waals surface area contributed by atoms with Crippen LogP contribution in [0.4, 0.5) is 11.4 Å². The number of anilines is 1. The van der Waals surface area contributed by atoms with Crippen LogP contribution in [0.15, 0.2) is 66.7 Å². The van der Waals surface area contributed by atoms with Crippen LogP contribution >= 0.6 is 0 Å². The Morgan fingerprint density at radius 3 is 2.03 bits per heavy atom. The molecule has 7 nitrogen and oxygen atoms in total. The van der Waals surface area contributed by atoms with Crippen LogP contribution in [0.3, 0.4) is 0 Å². The van der Waals surface area contributed by atoms with E-state index in [9.17, 15) is 25.3 Å². The number of aromatic carboxylic acids is 1. The van der Waals surface area contributed by atoms with Crippen LogP contribution in [0, 0.1) is 5.21 Å². The summed E-state index contributed by atoms with van der Waals surface area (Å²) in [6.45, 7) is 0.625. The molecule has 0 spiro atoms. The van der Waals surface area contributed by atoms with Gasteiger partial charge in [-0.25, -0.2) is 0 Å². The van der Waals surface area contributed by atoms with Crippen LogP contribution in [0.2, 0.25) is 0 Å². The third-order valence-electron chi connectivity index (χ3n) is 5.38. The van der Waals surface area contributed by atoms with Crippen LogP contribution in [-0.4, -0.2) is 52.9 Å². The van der Waals surface area contributed by atoms with Gasteiger partial charge in [-0.15, -0.1) is 0 Å². The van der Waals surface area contributed by atoms with E-state index in [1.54, 1.807) is 30.3 Å². The summed E-state index contributed by atoms with van der Waals surface area (Å²) in [4.78, 5) is 13.2. The maximum absolute atomic E-state index is 13.4. The molecule has 4 rings (SSSR count). The quantitative estimate of drug-likeness (QED) is 0.157. The molecule has 0 aromatic heterocycles. The normalized spacial score (nSPS) is 13.1. The van der Waals surface area contributed by atoms with E-state index in [0.29, 0.717) is 30.1 Å². The van der Waals surface area contributed by atoms with E-state index in [1.165, 1.54) is 12.1 Å². The molecule has 0 saturated carbocycles. The maximum atomic E-state index is 13.4. The fraction of sp³-hybridized carbons (Fsp3) is 0.167. The molecule has 0 unspecified atom stereocenters. The molecule has 0 atom stereocenters. The van der Waals surface area contributed by atoms with E-state index in [2.05, 4.69) is 0 Å². The topological polar surface area (TPSA) is 110 Å². The number of hydrogen-bond donors (Lipinski definition) is 2. The number of carboxylic acids is 1. The molecule has 0 aliphatic heterocycles. The minimum absolute atomic E-state index is 0. The van der Waals surface area contributed by atoms with Gasteiger partial charge in [0.15, 0.2) is 0 Å². The van der Waals surface area contributed by atoms with Crippen LogP contribution in [0.1, 0.15) is 21.5 Å². The molecule has 0 fully saturated rings. The van der Waals surface area contributed by atoms with Gasteiger partial charge in [-0.2, -0.15) is 4.74 Å². The summed E-state index contributed by atoms with van der Waals surface area (Å²) in [7, 11) is 0. The SMILES string of the molecule is O=C([O-])c1ccc2c(c1)C(=[N+]([O-])c1ccc(N(CCO)CCO)cc1)c1ccccc1-2.[Na+]. The van der Waals surface area contributed by atoms with E-state index in [4.69, 9.17) is 0 Å². The summed E-state index contributed by atoms with van der Waals surface area (Å²) in [5, 5.41) is 43.2. The zero-order valence-electron chi connectivity index (χ0n) is 17.7. The monoisotopic (exact) mass is 440 g/mol. The Balaban J connectivity index is 0.00000289. The van der Waals surface area contributed by atoms with Crippen molar-refractivity contribution in [3.05, 3.63) is 88.6 Å². The van der Waals surface area contributed by atoms with Gasteiger partial charge >= 0.3 is 29.6 Å². The van der Waals surface area contributed by atoms with Crippen molar-refractivity contribution >= 4 is 23.1 Å². The van der Waals surface area contributed by atoms with Crippen molar-refractivity contribution in [3.8, 4) is 11.1 Å². The second-order valence-electron chi connectivity index (χ2n) is 7.19. The molecule has 1 aliphatic rings. The molecule has 1 aliphatic carbocycles. The van der Waals surface area contributed by atoms with Crippen molar-refractivity contribution in [1.29, 1.82) is 0 Å². The molecule has 0 bridgehead atoms. The van der Waals surface area contributed by atoms with E-state index in [-0.39, 0.29) is 48.3 Å². The number of carbonyl (C=O) groups excluding carboxylic acids is 1. The molecular formula is C24H21N2NaO5. The fourth-order valence-corrected chi connectivity index (χ4v) is 3.93. The van der Waals surface area contributed by atoms with E-state index in [1.807, 2.05) is 29.2 Å². The second-order valence-corrected chi connectivity index (χ2v) is 7.19. The Morgan fingerprint density at radius 2 is 1.44 bits per heavy atom. The first-order chi connectivity index (χ1) is 15.0. The zero-order chi connectivity index (χ0) is 22.0. The van der Waals surface area contributed by atoms with Gasteiger partial charge in [0.05, 0.1) is 30.3 Å². The number of carbonyl (C=O) groups is 1. The molecule has 8 heteroatoms. The van der Waals surface area contributed by atoms with Crippen LogP contribution in [-0.2, 0) is 0 Å². The Bertz CT molecular complexity index is 1160. The number of benzene rings is 3. The summed E-state index contributed by atoms with van der Waals surface area (Å²) in [5.41, 5.74) is 4.49. The number of fused-ring (bicyclic) bond motifs is 3. The molecule has 0 amide bonds. The van der Waals surface area contributed by atoms with Crippen molar-refractivity contribution in [2.45, 2.75) is 0 Å². The van der Waals surface area contributed by atoms with Crippen molar-refractivity contribution in [2.24, 2.45) is 0 Å². The standard InChI is InChI=1S/C24H22N2O5.Na/c27-13-11-25(12-14-28)17-6-8-18(9-7-17)26(31)23-21-4-2-1-3-19(21)20-10-5-16(24(29)30)15-22(20)23;/h1-10,15,27-28H,11-14H2,(H,29,30);/q;+1/p-1. The number of carboxylic acid groups (broad SMARTS) is 1. The van der Waals surface area contributed by atoms with Crippen LogP contribution in [0.25, 0.3) is 11.1 Å². The minimum Gasteiger partial charge on any atom is -0.618 e.